The summed E-state index contributed by atoms with van der Waals surface area (Å²) in [5.41, 5.74) is 19.9. The Labute approximate surface area is 470 Å². The minimum Gasteiger partial charge on any atom is -0.311 e. The van der Waals surface area contributed by atoms with Crippen molar-refractivity contribution in [3.05, 3.63) is 350 Å². The Kier molecular flexibility index (Phi) is 15.1. The molecule has 0 radical (unpaired) electrons. The van der Waals surface area contributed by atoms with Crippen molar-refractivity contribution in [2.45, 2.75) is 0 Å². The van der Waals surface area contributed by atoms with Gasteiger partial charge in [-0.05, 0) is 179 Å². The number of rotatable bonds is 17. The molecule has 80 heavy (non-hydrogen) atoms. The van der Waals surface area contributed by atoms with E-state index in [4.69, 9.17) is 0 Å². The monoisotopic (exact) mass is 1030 g/mol. The van der Waals surface area contributed by atoms with Gasteiger partial charge in [-0.15, -0.1) is 0 Å². The molecular formula is C76H58N4. The molecule has 0 aliphatic heterocycles. The number of hydrogen-bond donors (Lipinski definition) is 0. The summed E-state index contributed by atoms with van der Waals surface area (Å²) in [5, 5.41) is 0. The SMILES string of the molecule is C(=C/c1ccc(N(c2ccccc2)c2ccc(N(c3ccccc3)c3ccc(-c4ccc(N(c5ccccc5)c5ccc(N(c6ccccc6)c6ccc(/C=C\c7ccccc7)cc6)cc5)cc4)cc3)cc2)cc1)/c1ccccc1. The Hall–Kier alpha value is -10.7. The quantitative estimate of drug-likeness (QED) is 0.0843. The molecule has 0 amide bonds. The van der Waals surface area contributed by atoms with Gasteiger partial charge in [0.2, 0.25) is 0 Å². The summed E-state index contributed by atoms with van der Waals surface area (Å²) in [6.07, 6.45) is 8.63. The van der Waals surface area contributed by atoms with Crippen molar-refractivity contribution in [2.75, 3.05) is 19.6 Å². The Morgan fingerprint density at radius 2 is 0.287 bits per heavy atom. The molecule has 4 nitrogen and oxygen atoms in total. The van der Waals surface area contributed by atoms with Crippen LogP contribution in [-0.4, -0.2) is 0 Å². The number of para-hydroxylation sites is 4. The van der Waals surface area contributed by atoms with E-state index < -0.39 is 0 Å². The van der Waals surface area contributed by atoms with Gasteiger partial charge in [-0.3, -0.25) is 0 Å². The Morgan fingerprint density at radius 1 is 0.138 bits per heavy atom. The Bertz CT molecular complexity index is 3640. The zero-order chi connectivity index (χ0) is 53.7. The molecule has 0 N–H and O–H groups in total. The molecule has 0 bridgehead atoms. The van der Waals surface area contributed by atoms with Gasteiger partial charge in [-0.1, -0.05) is 206 Å². The van der Waals surface area contributed by atoms with Gasteiger partial charge < -0.3 is 19.6 Å². The highest BCUT2D eigenvalue weighted by Gasteiger charge is 2.19. The van der Waals surface area contributed by atoms with Crippen LogP contribution in [0.1, 0.15) is 22.3 Å². The third-order valence-corrected chi connectivity index (χ3v) is 14.2. The standard InChI is InChI=1S/C76H58N4/c1-7-19-59(20-8-1)31-33-61-35-43-69(44-36-61)77(65-23-11-3-12-24-65)73-51-55-75(56-52-73)79(67-27-15-5-16-28-67)71-47-39-63(40-48-71)64-41-49-72(50-42-64)80(68-29-17-6-18-30-68)76-57-53-74(54-58-76)78(66-25-13-4-14-26-66)70-45-37-62(38-46-70)34-32-60-21-9-2-10-22-60/h1-58H/b33-31-,34-32-. The van der Waals surface area contributed by atoms with Crippen molar-refractivity contribution < 1.29 is 0 Å². The fraction of sp³-hybridized carbons (Fsp3) is 0. The van der Waals surface area contributed by atoms with Gasteiger partial charge in [0.05, 0.1) is 0 Å². The fourth-order valence-electron chi connectivity index (χ4n) is 10.2. The van der Waals surface area contributed by atoms with Gasteiger partial charge in [0.1, 0.15) is 0 Å². The lowest BCUT2D eigenvalue weighted by molar-refractivity contribution is 1.25. The van der Waals surface area contributed by atoms with Crippen LogP contribution >= 0.6 is 0 Å². The van der Waals surface area contributed by atoms with E-state index in [0.29, 0.717) is 0 Å². The maximum Gasteiger partial charge on any atom is 0.0463 e. The zero-order valence-corrected chi connectivity index (χ0v) is 44.3. The number of nitrogens with zero attached hydrogens (tertiary/aromatic N) is 4. The van der Waals surface area contributed by atoms with Crippen molar-refractivity contribution in [3.8, 4) is 11.1 Å². The molecule has 0 spiro atoms. The Balaban J connectivity index is 0.795. The highest BCUT2D eigenvalue weighted by molar-refractivity contribution is 5.85. The molecule has 4 heteroatoms. The zero-order valence-electron chi connectivity index (χ0n) is 44.3. The molecule has 0 saturated carbocycles. The summed E-state index contributed by atoms with van der Waals surface area (Å²) < 4.78 is 0. The molecule has 12 aromatic rings. The molecule has 0 atom stereocenters. The van der Waals surface area contributed by atoms with Gasteiger partial charge in [0.15, 0.2) is 0 Å². The predicted octanol–water partition coefficient (Wildman–Crippen LogP) is 21.6. The van der Waals surface area contributed by atoms with Gasteiger partial charge in [-0.2, -0.15) is 0 Å². The smallest absolute Gasteiger partial charge is 0.0463 e. The van der Waals surface area contributed by atoms with E-state index in [0.717, 1.165) is 90.5 Å². The van der Waals surface area contributed by atoms with Crippen molar-refractivity contribution in [2.24, 2.45) is 0 Å². The minimum absolute atomic E-state index is 1.06. The molecule has 0 aliphatic carbocycles. The third-order valence-electron chi connectivity index (χ3n) is 14.2. The highest BCUT2D eigenvalue weighted by atomic mass is 15.2. The second-order valence-electron chi connectivity index (χ2n) is 19.5. The van der Waals surface area contributed by atoms with Crippen molar-refractivity contribution >= 4 is 92.6 Å². The van der Waals surface area contributed by atoms with E-state index in [1.165, 1.54) is 11.1 Å². The summed E-state index contributed by atoms with van der Waals surface area (Å²) in [6.45, 7) is 0. The van der Waals surface area contributed by atoms with Crippen molar-refractivity contribution in [3.63, 3.8) is 0 Å². The van der Waals surface area contributed by atoms with Crippen LogP contribution in [0.2, 0.25) is 0 Å². The molecule has 0 saturated heterocycles. The summed E-state index contributed by atoms with van der Waals surface area (Å²) in [4.78, 5) is 9.26. The van der Waals surface area contributed by atoms with Gasteiger partial charge in [0, 0.05) is 68.2 Å². The first kappa shape index (κ1) is 50.2. The summed E-state index contributed by atoms with van der Waals surface area (Å²) in [6, 6.07) is 116. The topological polar surface area (TPSA) is 13.0 Å². The van der Waals surface area contributed by atoms with Crippen LogP contribution in [-0.2, 0) is 0 Å². The van der Waals surface area contributed by atoms with Crippen LogP contribution in [0.15, 0.2) is 328 Å². The molecule has 0 heterocycles. The van der Waals surface area contributed by atoms with Crippen LogP contribution in [0.4, 0.5) is 68.2 Å². The molecular weight excluding hydrogens is 969 g/mol. The molecule has 382 valence electrons. The maximum absolute atomic E-state index is 2.32. The summed E-state index contributed by atoms with van der Waals surface area (Å²) in [7, 11) is 0. The summed E-state index contributed by atoms with van der Waals surface area (Å²) >= 11 is 0. The molecule has 0 aliphatic rings. The van der Waals surface area contributed by atoms with Crippen LogP contribution in [0.5, 0.6) is 0 Å². The molecule has 0 unspecified atom stereocenters. The summed E-state index contributed by atoms with van der Waals surface area (Å²) in [5.74, 6) is 0. The molecule has 0 aromatic heterocycles. The predicted molar refractivity (Wildman–Crippen MR) is 341 cm³/mol. The first-order valence-electron chi connectivity index (χ1n) is 27.1. The van der Waals surface area contributed by atoms with E-state index in [2.05, 4.69) is 359 Å². The van der Waals surface area contributed by atoms with Crippen molar-refractivity contribution in [1.82, 2.24) is 0 Å². The van der Waals surface area contributed by atoms with Crippen molar-refractivity contribution in [1.29, 1.82) is 0 Å². The van der Waals surface area contributed by atoms with Gasteiger partial charge >= 0.3 is 0 Å². The lowest BCUT2D eigenvalue weighted by atomic mass is 10.0. The van der Waals surface area contributed by atoms with Crippen LogP contribution in [0, 0.1) is 0 Å². The lowest BCUT2D eigenvalue weighted by Crippen LogP contribution is -2.12. The molecule has 0 fully saturated rings. The van der Waals surface area contributed by atoms with Gasteiger partial charge in [-0.25, -0.2) is 0 Å². The first-order valence-corrected chi connectivity index (χ1v) is 27.1. The normalized spacial score (nSPS) is 11.2. The number of benzene rings is 12. The maximum atomic E-state index is 2.32. The molecule has 12 aromatic carbocycles. The average molecular weight is 1030 g/mol. The highest BCUT2D eigenvalue weighted by Crippen LogP contribution is 2.42. The lowest BCUT2D eigenvalue weighted by Gasteiger charge is -2.28. The Morgan fingerprint density at radius 3 is 0.500 bits per heavy atom. The van der Waals surface area contributed by atoms with E-state index in [-0.39, 0.29) is 0 Å². The molecule has 12 rings (SSSR count). The van der Waals surface area contributed by atoms with Crippen LogP contribution < -0.4 is 19.6 Å². The first-order chi connectivity index (χ1) is 39.7. The van der Waals surface area contributed by atoms with Crippen LogP contribution in [0.3, 0.4) is 0 Å². The van der Waals surface area contributed by atoms with Gasteiger partial charge in [0.25, 0.3) is 0 Å². The second kappa shape index (κ2) is 24.1. The van der Waals surface area contributed by atoms with E-state index >= 15 is 0 Å². The largest absolute Gasteiger partial charge is 0.311 e. The number of anilines is 12. The van der Waals surface area contributed by atoms with Crippen LogP contribution in [0.25, 0.3) is 35.4 Å². The fourth-order valence-corrected chi connectivity index (χ4v) is 10.2. The third kappa shape index (κ3) is 11.7. The minimum atomic E-state index is 1.06. The number of hydrogen-bond acceptors (Lipinski definition) is 4. The average Bonchev–Trinajstić information content (AvgIpc) is 3.57. The second-order valence-corrected chi connectivity index (χ2v) is 19.5. The van der Waals surface area contributed by atoms with E-state index in [9.17, 15) is 0 Å². The van der Waals surface area contributed by atoms with E-state index in [1.54, 1.807) is 0 Å². The van der Waals surface area contributed by atoms with E-state index in [1.807, 2.05) is 12.1 Å².